The van der Waals surface area contributed by atoms with Gasteiger partial charge in [0, 0.05) is 66.5 Å². The summed E-state index contributed by atoms with van der Waals surface area (Å²) in [5.41, 5.74) is 7.61. The van der Waals surface area contributed by atoms with Gasteiger partial charge in [0.1, 0.15) is 44.6 Å². The number of fused-ring (bicyclic) bond motifs is 2. The molecule has 0 fully saturated rings. The van der Waals surface area contributed by atoms with E-state index < -0.39 is 36.3 Å². The fourth-order valence-electron chi connectivity index (χ4n) is 9.43. The molecule has 3 heterocycles. The third-order valence-electron chi connectivity index (χ3n) is 13.1. The third-order valence-corrected chi connectivity index (χ3v) is 14.8. The SMILES string of the molecule is O=S(=O)=O.[CH2-]CCCN1C(=CC=C2CCCC(C=CC3=[N+](CCCCCC(=O)NCCn4occc4=O)c4ccc(S(=O)(=O)[O-])cc4C3(C)C)=C2Oc2ccc(S(=O)(=O)[O-])cc2)C(C)(C)c2cc(C)ccc21.[Na+].[Na+].[Na+]. The first-order valence-electron chi connectivity index (χ1n) is 23.6. The number of carbonyl (C=O) groups is 1. The van der Waals surface area contributed by atoms with Crippen LogP contribution in [0.15, 0.2) is 139 Å². The predicted molar refractivity (Wildman–Crippen MR) is 269 cm³/mol. The van der Waals surface area contributed by atoms with Crippen molar-refractivity contribution in [2.24, 2.45) is 0 Å². The van der Waals surface area contributed by atoms with E-state index in [4.69, 9.17) is 21.9 Å². The molecule has 1 amide bonds. The number of nitrogens with one attached hydrogen (secondary N) is 1. The standard InChI is InChI=1S/C52H62N4O10S2.3Na.O3S/c1-7-8-30-54-44-24-16-36(2)34-42(44)51(3,4)46(54)26-17-37-13-12-14-38(50(37)66-39-19-21-40(22-20-39)67(59,60)61)18-27-47-52(5,6)43-35-41(68(62,63)64)23-25-45(43)55(47)31-11-9-10-15-48(57)53-29-32-56-49(58)28-33-65-56;;;;1-4(2)3/h16-28,33-35H,1,7-15,29-32H2,2-6H3,(H,53,57)(H,59,60,61)(H,62,63,64);;;;/q;3*+1;/p-2. The number of benzene rings is 3. The van der Waals surface area contributed by atoms with E-state index in [0.29, 0.717) is 55.7 Å². The maximum absolute atomic E-state index is 12.6. The van der Waals surface area contributed by atoms with E-state index in [9.17, 15) is 35.5 Å². The van der Waals surface area contributed by atoms with E-state index in [-0.39, 0.29) is 128 Å². The van der Waals surface area contributed by atoms with E-state index in [0.717, 1.165) is 60.5 Å². The minimum absolute atomic E-state index is 0. The molecule has 7 rings (SSSR count). The second-order valence-electron chi connectivity index (χ2n) is 18.8. The Labute approximate surface area is 508 Å². The van der Waals surface area contributed by atoms with E-state index in [1.54, 1.807) is 6.07 Å². The molecule has 1 N–H and O–H groups in total. The summed E-state index contributed by atoms with van der Waals surface area (Å²) in [5, 5.41) is 2.83. The van der Waals surface area contributed by atoms with Crippen molar-refractivity contribution in [3.05, 3.63) is 154 Å². The van der Waals surface area contributed by atoms with Crippen LogP contribution in [0, 0.1) is 13.8 Å². The zero-order chi connectivity index (χ0) is 52.6. The van der Waals surface area contributed by atoms with Crippen LogP contribution in [0.4, 0.5) is 11.4 Å². The summed E-state index contributed by atoms with van der Waals surface area (Å²) in [6, 6.07) is 17.8. The zero-order valence-electron chi connectivity index (χ0n) is 44.0. The number of nitrogens with zero attached hydrogens (tertiary/aromatic N) is 3. The van der Waals surface area contributed by atoms with Crippen LogP contribution in [-0.2, 0) is 53.0 Å². The van der Waals surface area contributed by atoms with Crippen LogP contribution >= 0.6 is 0 Å². The molecule has 0 unspecified atom stereocenters. The molecule has 75 heavy (non-hydrogen) atoms. The number of ether oxygens (including phenoxy) is 1. The number of aryl methyl sites for hydroxylation is 1. The summed E-state index contributed by atoms with van der Waals surface area (Å²) in [6.45, 7) is 16.5. The number of allylic oxidation sites excluding steroid dienone is 7. The summed E-state index contributed by atoms with van der Waals surface area (Å²) in [6.07, 6.45) is 15.8. The van der Waals surface area contributed by atoms with Crippen LogP contribution in [0.2, 0.25) is 0 Å². The summed E-state index contributed by atoms with van der Waals surface area (Å²) < 4.78 is 113. The molecule has 0 saturated heterocycles. The molecule has 386 valence electrons. The van der Waals surface area contributed by atoms with Gasteiger partial charge in [-0.25, -0.2) is 16.8 Å². The van der Waals surface area contributed by atoms with E-state index in [1.807, 2.05) is 26.0 Å². The molecule has 3 aromatic carbocycles. The van der Waals surface area contributed by atoms with Gasteiger partial charge < -0.3 is 35.5 Å². The number of hydrogen-bond acceptors (Lipinski definition) is 14. The molecule has 0 saturated carbocycles. The van der Waals surface area contributed by atoms with Gasteiger partial charge in [0.05, 0.1) is 21.8 Å². The van der Waals surface area contributed by atoms with Crippen molar-refractivity contribution in [1.29, 1.82) is 0 Å². The van der Waals surface area contributed by atoms with Crippen molar-refractivity contribution in [2.75, 3.05) is 24.5 Å². The molecule has 17 nitrogen and oxygen atoms in total. The van der Waals surface area contributed by atoms with Gasteiger partial charge in [-0.05, 0) is 124 Å². The first-order chi connectivity index (χ1) is 33.9. The molecule has 0 radical (unpaired) electrons. The largest absolute Gasteiger partial charge is 1.00 e. The minimum atomic E-state index is -4.74. The van der Waals surface area contributed by atoms with Crippen LogP contribution in [0.25, 0.3) is 0 Å². The van der Waals surface area contributed by atoms with Gasteiger partial charge in [0.2, 0.25) is 11.6 Å². The molecular formula is C52H60N4Na3O13S3+. The molecular weight excluding hydrogens is 1050 g/mol. The summed E-state index contributed by atoms with van der Waals surface area (Å²) in [7, 11) is -12.5. The second-order valence-corrected chi connectivity index (χ2v) is 22.0. The molecule has 23 heteroatoms. The Morgan fingerprint density at radius 1 is 0.827 bits per heavy atom. The van der Waals surface area contributed by atoms with Crippen molar-refractivity contribution >= 4 is 53.8 Å². The first-order valence-corrected chi connectivity index (χ1v) is 27.4. The van der Waals surface area contributed by atoms with Crippen LogP contribution in [0.3, 0.4) is 0 Å². The number of amides is 1. The molecule has 2 aliphatic heterocycles. The van der Waals surface area contributed by atoms with Gasteiger partial charge in [-0.2, -0.15) is 15.7 Å². The predicted octanol–water partition coefficient (Wildman–Crippen LogP) is -1.39. The van der Waals surface area contributed by atoms with Gasteiger partial charge in [-0.1, -0.05) is 44.0 Å². The monoisotopic (exact) mass is 1110 g/mol. The minimum Gasteiger partial charge on any atom is -0.744 e. The van der Waals surface area contributed by atoms with Gasteiger partial charge in [-0.3, -0.25) is 9.59 Å². The Morgan fingerprint density at radius 3 is 2.12 bits per heavy atom. The van der Waals surface area contributed by atoms with Gasteiger partial charge >= 0.3 is 99.3 Å². The smallest absolute Gasteiger partial charge is 0.744 e. The van der Waals surface area contributed by atoms with Crippen LogP contribution in [0.5, 0.6) is 5.75 Å². The normalized spacial score (nSPS) is 16.6. The molecule has 1 aliphatic carbocycles. The Balaban J connectivity index is 0.00000204. The molecule has 1 aromatic heterocycles. The Morgan fingerprint density at radius 2 is 1.49 bits per heavy atom. The topological polar surface area (TPSA) is 245 Å². The number of aromatic nitrogens is 1. The van der Waals surface area contributed by atoms with E-state index in [1.165, 1.54) is 70.3 Å². The average Bonchev–Trinajstić information content (AvgIpc) is 3.88. The second kappa shape index (κ2) is 28.6. The molecule has 4 aromatic rings. The Hall–Kier alpha value is -3.19. The fraction of sp³-hybridized carbons (Fsp3) is 0.385. The van der Waals surface area contributed by atoms with Crippen molar-refractivity contribution in [1.82, 2.24) is 10.1 Å². The van der Waals surface area contributed by atoms with Crippen LogP contribution in [0.1, 0.15) is 102 Å². The van der Waals surface area contributed by atoms with Gasteiger partial charge in [0.15, 0.2) is 5.71 Å². The van der Waals surface area contributed by atoms with Crippen molar-refractivity contribution in [3.63, 3.8) is 0 Å². The molecule has 0 bridgehead atoms. The summed E-state index contributed by atoms with van der Waals surface area (Å²) in [4.78, 5) is 26.0. The maximum Gasteiger partial charge on any atom is 1.00 e. The van der Waals surface area contributed by atoms with Crippen molar-refractivity contribution < 1.29 is 146 Å². The van der Waals surface area contributed by atoms with Gasteiger partial charge in [-0.15, -0.1) is 12.6 Å². The molecule has 0 spiro atoms. The fourth-order valence-corrected chi connectivity index (χ4v) is 10.4. The summed E-state index contributed by atoms with van der Waals surface area (Å²) in [5.74, 6) is 0.827. The Kier molecular flexibility index (Phi) is 25.2. The molecule has 0 atom stereocenters. The zero-order valence-corrected chi connectivity index (χ0v) is 52.5. The van der Waals surface area contributed by atoms with Crippen LogP contribution < -0.4 is 109 Å². The number of rotatable bonds is 19. The Bertz CT molecular complexity index is 3260. The van der Waals surface area contributed by atoms with E-state index in [2.05, 4.69) is 72.8 Å². The van der Waals surface area contributed by atoms with Crippen molar-refractivity contribution in [3.8, 4) is 5.75 Å². The maximum atomic E-state index is 12.6. The number of carbonyl (C=O) groups excluding carboxylic acids is 1. The summed E-state index contributed by atoms with van der Waals surface area (Å²) >= 11 is 0. The van der Waals surface area contributed by atoms with Crippen molar-refractivity contribution in [2.45, 2.75) is 120 Å². The third kappa shape index (κ3) is 16.9. The first kappa shape index (κ1) is 66.1. The van der Waals surface area contributed by atoms with Gasteiger partial charge in [0.25, 0.3) is 5.56 Å². The number of anilines is 1. The van der Waals surface area contributed by atoms with E-state index >= 15 is 0 Å². The number of unbranched alkanes of at least 4 members (excludes halogenated alkanes) is 3. The van der Waals surface area contributed by atoms with Crippen LogP contribution in [-0.4, -0.2) is 79.1 Å². The average molecular weight is 1110 g/mol. The number of hydrogen-bond donors (Lipinski definition) is 1. The molecule has 3 aliphatic rings. The quantitative estimate of drug-likeness (QED) is 0.0374.